The molecule has 2 aliphatic rings. The molecular formula is C14H23N. The van der Waals surface area contributed by atoms with Crippen molar-refractivity contribution in [3.8, 4) is 0 Å². The van der Waals surface area contributed by atoms with Crippen LogP contribution in [0, 0.1) is 5.41 Å². The van der Waals surface area contributed by atoms with E-state index < -0.39 is 0 Å². The van der Waals surface area contributed by atoms with Crippen LogP contribution in [0.3, 0.4) is 0 Å². The molecule has 1 spiro atoms. The highest BCUT2D eigenvalue weighted by molar-refractivity contribution is 5.35. The van der Waals surface area contributed by atoms with Crippen LogP contribution < -0.4 is 5.32 Å². The maximum Gasteiger partial charge on any atom is 0.0369 e. The normalized spacial score (nSPS) is 22.1. The minimum atomic E-state index is 0.606. The quantitative estimate of drug-likeness (QED) is 0.723. The Morgan fingerprint density at radius 3 is 2.47 bits per heavy atom. The molecule has 0 unspecified atom stereocenters. The summed E-state index contributed by atoms with van der Waals surface area (Å²) in [5.41, 5.74) is 3.27. The largest absolute Gasteiger partial charge is 0.384 e. The molecule has 0 saturated heterocycles. The Kier molecular flexibility index (Phi) is 4.19. The minimum Gasteiger partial charge on any atom is -0.384 e. The third kappa shape index (κ3) is 2.74. The highest BCUT2D eigenvalue weighted by Crippen LogP contribution is 2.52. The van der Waals surface area contributed by atoms with E-state index in [1.165, 1.54) is 30.5 Å². The van der Waals surface area contributed by atoms with Crippen LogP contribution >= 0.6 is 0 Å². The van der Waals surface area contributed by atoms with Crippen LogP contribution in [0.1, 0.15) is 40.0 Å². The number of rotatable bonds is 2. The summed E-state index contributed by atoms with van der Waals surface area (Å²) >= 11 is 0. The van der Waals surface area contributed by atoms with E-state index in [9.17, 15) is 0 Å². The van der Waals surface area contributed by atoms with E-state index in [0.717, 1.165) is 6.54 Å². The maximum absolute atomic E-state index is 3.88. The lowest BCUT2D eigenvalue weighted by Crippen LogP contribution is -2.29. The molecule has 1 aliphatic carbocycles. The first-order valence-corrected chi connectivity index (χ1v) is 6.02. The zero-order valence-corrected chi connectivity index (χ0v) is 10.3. The summed E-state index contributed by atoms with van der Waals surface area (Å²) in [6.45, 7) is 11.1. The Morgan fingerprint density at radius 2 is 2.00 bits per heavy atom. The van der Waals surface area contributed by atoms with Crippen molar-refractivity contribution in [2.75, 3.05) is 6.54 Å². The third-order valence-electron chi connectivity index (χ3n) is 3.10. The molecule has 0 radical (unpaired) electrons. The second kappa shape index (κ2) is 5.20. The monoisotopic (exact) mass is 205 g/mol. The van der Waals surface area contributed by atoms with Gasteiger partial charge in [-0.3, -0.25) is 0 Å². The first-order chi connectivity index (χ1) is 7.29. The minimum absolute atomic E-state index is 0.606. The van der Waals surface area contributed by atoms with Gasteiger partial charge in [0.2, 0.25) is 0 Å². The lowest BCUT2D eigenvalue weighted by Gasteiger charge is -2.26. The molecule has 84 valence electrons. The Balaban J connectivity index is 0.000000531. The fourth-order valence-electron chi connectivity index (χ4n) is 2.00. The van der Waals surface area contributed by atoms with Gasteiger partial charge in [0.05, 0.1) is 0 Å². The molecule has 0 aromatic carbocycles. The Bertz CT molecular complexity index is 280. The van der Waals surface area contributed by atoms with E-state index in [2.05, 4.69) is 31.0 Å². The van der Waals surface area contributed by atoms with Crippen LogP contribution in [0.25, 0.3) is 0 Å². The summed E-state index contributed by atoms with van der Waals surface area (Å²) in [6.07, 6.45) is 10.2. The predicted molar refractivity (Wildman–Crippen MR) is 67.7 cm³/mol. The summed E-state index contributed by atoms with van der Waals surface area (Å²) in [5, 5.41) is 3.50. The number of hydrogen-bond donors (Lipinski definition) is 1. The van der Waals surface area contributed by atoms with E-state index in [-0.39, 0.29) is 0 Å². The van der Waals surface area contributed by atoms with Crippen molar-refractivity contribution in [2.45, 2.75) is 40.0 Å². The van der Waals surface area contributed by atoms with Gasteiger partial charge in [0.15, 0.2) is 0 Å². The lowest BCUT2D eigenvalue weighted by atomic mass is 9.91. The molecule has 1 saturated carbocycles. The van der Waals surface area contributed by atoms with Gasteiger partial charge in [-0.05, 0) is 43.3 Å². The third-order valence-corrected chi connectivity index (χ3v) is 3.10. The van der Waals surface area contributed by atoms with Gasteiger partial charge in [-0.2, -0.15) is 0 Å². The van der Waals surface area contributed by atoms with Crippen molar-refractivity contribution in [1.82, 2.24) is 5.32 Å². The van der Waals surface area contributed by atoms with E-state index in [0.29, 0.717) is 5.41 Å². The van der Waals surface area contributed by atoms with Crippen LogP contribution in [0.5, 0.6) is 0 Å². The van der Waals surface area contributed by atoms with E-state index in [4.69, 9.17) is 0 Å². The number of nitrogens with one attached hydrogen (secondary N) is 1. The first kappa shape index (κ1) is 12.1. The van der Waals surface area contributed by atoms with Gasteiger partial charge in [-0.25, -0.2) is 0 Å². The van der Waals surface area contributed by atoms with Crippen LogP contribution in [-0.2, 0) is 0 Å². The molecule has 0 aromatic rings. The molecule has 1 nitrogen and oxygen atoms in total. The fourth-order valence-corrected chi connectivity index (χ4v) is 2.00. The van der Waals surface area contributed by atoms with Crippen LogP contribution in [0.4, 0.5) is 0 Å². The van der Waals surface area contributed by atoms with Gasteiger partial charge in [-0.15, -0.1) is 0 Å². The van der Waals surface area contributed by atoms with Crippen molar-refractivity contribution in [3.63, 3.8) is 0 Å². The zero-order valence-electron chi connectivity index (χ0n) is 10.3. The maximum atomic E-state index is 3.88. The molecular weight excluding hydrogens is 182 g/mol. The molecule has 2 rings (SSSR count). The van der Waals surface area contributed by atoms with Crippen molar-refractivity contribution < 1.29 is 0 Å². The van der Waals surface area contributed by atoms with Gasteiger partial charge < -0.3 is 5.32 Å². The molecule has 0 bridgehead atoms. The summed E-state index contributed by atoms with van der Waals surface area (Å²) in [7, 11) is 0. The van der Waals surface area contributed by atoms with E-state index in [1.807, 2.05) is 19.9 Å². The molecule has 1 fully saturated rings. The van der Waals surface area contributed by atoms with Crippen molar-refractivity contribution in [1.29, 1.82) is 0 Å². The Morgan fingerprint density at radius 1 is 1.33 bits per heavy atom. The zero-order chi connectivity index (χ0) is 11.3. The SMILES string of the molecule is C=CC1=C(/C=C\C)NCC2(CC2)C1.CC. The van der Waals surface area contributed by atoms with Gasteiger partial charge in [-0.1, -0.05) is 32.6 Å². The number of hydrogen-bond acceptors (Lipinski definition) is 1. The summed E-state index contributed by atoms with van der Waals surface area (Å²) in [6, 6.07) is 0. The standard InChI is InChI=1S/C12H17N.C2H6/c1-3-5-11-10(4-2)8-12(6-7-12)9-13-11;1-2/h3-5,13H,2,6-9H2,1H3;1-2H3/b5-3-;. The topological polar surface area (TPSA) is 12.0 Å². The average molecular weight is 205 g/mol. The number of allylic oxidation sites excluding steroid dienone is 4. The summed E-state index contributed by atoms with van der Waals surface area (Å²) in [5.74, 6) is 0. The van der Waals surface area contributed by atoms with Crippen LogP contribution in [0.2, 0.25) is 0 Å². The van der Waals surface area contributed by atoms with Gasteiger partial charge in [0.25, 0.3) is 0 Å². The average Bonchev–Trinajstić information content (AvgIpc) is 3.04. The molecule has 1 heteroatoms. The molecule has 15 heavy (non-hydrogen) atoms. The van der Waals surface area contributed by atoms with Crippen molar-refractivity contribution in [2.24, 2.45) is 5.41 Å². The molecule has 0 atom stereocenters. The predicted octanol–water partition coefficient (Wildman–Crippen LogP) is 3.80. The van der Waals surface area contributed by atoms with Gasteiger partial charge in [0, 0.05) is 12.2 Å². The molecule has 1 heterocycles. The van der Waals surface area contributed by atoms with E-state index >= 15 is 0 Å². The summed E-state index contributed by atoms with van der Waals surface area (Å²) in [4.78, 5) is 0. The fraction of sp³-hybridized carbons (Fsp3) is 0.571. The van der Waals surface area contributed by atoms with Crippen LogP contribution in [0.15, 0.2) is 36.1 Å². The van der Waals surface area contributed by atoms with Crippen molar-refractivity contribution >= 4 is 0 Å². The van der Waals surface area contributed by atoms with Gasteiger partial charge >= 0.3 is 0 Å². The molecule has 0 amide bonds. The highest BCUT2D eigenvalue weighted by Gasteiger charge is 2.44. The first-order valence-electron chi connectivity index (χ1n) is 6.02. The van der Waals surface area contributed by atoms with Gasteiger partial charge in [0.1, 0.15) is 0 Å². The Hall–Kier alpha value is -0.980. The van der Waals surface area contributed by atoms with E-state index in [1.54, 1.807) is 0 Å². The molecule has 1 N–H and O–H groups in total. The van der Waals surface area contributed by atoms with Crippen LogP contribution in [-0.4, -0.2) is 6.54 Å². The smallest absolute Gasteiger partial charge is 0.0369 e. The second-order valence-electron chi connectivity index (χ2n) is 4.17. The second-order valence-corrected chi connectivity index (χ2v) is 4.17. The van der Waals surface area contributed by atoms with Crippen molar-refractivity contribution in [3.05, 3.63) is 36.1 Å². The highest BCUT2D eigenvalue weighted by atomic mass is 14.9. The molecule has 0 aromatic heterocycles. The lowest BCUT2D eigenvalue weighted by molar-refractivity contribution is 0.456. The molecule has 1 aliphatic heterocycles. The summed E-state index contributed by atoms with van der Waals surface area (Å²) < 4.78 is 0. The Labute approximate surface area is 94.0 Å².